The van der Waals surface area contributed by atoms with Gasteiger partial charge in [-0.3, -0.25) is 0 Å². The molecule has 0 unspecified atom stereocenters. The fourth-order valence-corrected chi connectivity index (χ4v) is 1.97. The first-order valence-corrected chi connectivity index (χ1v) is 5.77. The van der Waals surface area contributed by atoms with Crippen LogP contribution in [0.25, 0.3) is 0 Å². The molecular formula is C11H9BrClN3. The summed E-state index contributed by atoms with van der Waals surface area (Å²) in [6, 6.07) is 11.0. The van der Waals surface area contributed by atoms with Crippen LogP contribution in [0.4, 0.5) is 17.3 Å². The van der Waals surface area contributed by atoms with Crippen LogP contribution in [0.1, 0.15) is 0 Å². The van der Waals surface area contributed by atoms with Crippen molar-refractivity contribution in [3.8, 4) is 0 Å². The first kappa shape index (κ1) is 11.2. The number of rotatable bonds is 2. The van der Waals surface area contributed by atoms with Crippen LogP contribution in [0.5, 0.6) is 0 Å². The van der Waals surface area contributed by atoms with Gasteiger partial charge in [-0.05, 0) is 30.3 Å². The van der Waals surface area contributed by atoms with Gasteiger partial charge < -0.3 is 11.1 Å². The second-order valence-electron chi connectivity index (χ2n) is 3.20. The summed E-state index contributed by atoms with van der Waals surface area (Å²) >= 11 is 9.41. The van der Waals surface area contributed by atoms with Gasteiger partial charge in [-0.2, -0.15) is 0 Å². The summed E-state index contributed by atoms with van der Waals surface area (Å²) in [6.45, 7) is 0. The third-order valence-corrected chi connectivity index (χ3v) is 2.77. The van der Waals surface area contributed by atoms with Gasteiger partial charge in [-0.25, -0.2) is 4.98 Å². The van der Waals surface area contributed by atoms with E-state index in [4.69, 9.17) is 17.3 Å². The van der Waals surface area contributed by atoms with E-state index in [1.165, 1.54) is 0 Å². The lowest BCUT2D eigenvalue weighted by Crippen LogP contribution is -1.97. The SMILES string of the molecule is Nc1cccc(Nc2ccc(Br)cc2Cl)n1. The minimum atomic E-state index is 0.471. The van der Waals surface area contributed by atoms with Crippen LogP contribution in [0.3, 0.4) is 0 Å². The average molecular weight is 299 g/mol. The van der Waals surface area contributed by atoms with E-state index in [2.05, 4.69) is 26.2 Å². The molecule has 0 fully saturated rings. The Morgan fingerprint density at radius 3 is 2.75 bits per heavy atom. The molecule has 16 heavy (non-hydrogen) atoms. The number of nitrogens with two attached hydrogens (primary N) is 1. The Balaban J connectivity index is 2.27. The Kier molecular flexibility index (Phi) is 3.31. The summed E-state index contributed by atoms with van der Waals surface area (Å²) in [5.74, 6) is 1.14. The largest absolute Gasteiger partial charge is 0.384 e. The van der Waals surface area contributed by atoms with E-state index in [1.54, 1.807) is 6.07 Å². The molecule has 5 heteroatoms. The van der Waals surface area contributed by atoms with E-state index in [-0.39, 0.29) is 0 Å². The van der Waals surface area contributed by atoms with Crippen molar-refractivity contribution >= 4 is 44.9 Å². The molecule has 1 aromatic heterocycles. The van der Waals surface area contributed by atoms with Crippen LogP contribution >= 0.6 is 27.5 Å². The summed E-state index contributed by atoms with van der Waals surface area (Å²) in [5, 5.41) is 3.72. The van der Waals surface area contributed by atoms with Crippen molar-refractivity contribution in [3.05, 3.63) is 45.9 Å². The van der Waals surface area contributed by atoms with Crippen LogP contribution in [-0.2, 0) is 0 Å². The monoisotopic (exact) mass is 297 g/mol. The van der Waals surface area contributed by atoms with Crippen molar-refractivity contribution in [1.82, 2.24) is 4.98 Å². The summed E-state index contributed by atoms with van der Waals surface area (Å²) in [5.41, 5.74) is 6.38. The number of nitrogens with zero attached hydrogens (tertiary/aromatic N) is 1. The predicted octanol–water partition coefficient (Wildman–Crippen LogP) is 3.82. The number of pyridine rings is 1. The number of nitrogen functional groups attached to an aromatic ring is 1. The van der Waals surface area contributed by atoms with Crippen molar-refractivity contribution in [3.63, 3.8) is 0 Å². The molecule has 3 N–H and O–H groups in total. The van der Waals surface area contributed by atoms with E-state index < -0.39 is 0 Å². The van der Waals surface area contributed by atoms with E-state index in [9.17, 15) is 0 Å². The highest BCUT2D eigenvalue weighted by Crippen LogP contribution is 2.27. The summed E-state index contributed by atoms with van der Waals surface area (Å²) in [4.78, 5) is 4.13. The number of hydrogen-bond acceptors (Lipinski definition) is 3. The molecule has 0 atom stereocenters. The molecule has 0 saturated carbocycles. The summed E-state index contributed by atoms with van der Waals surface area (Å²) < 4.78 is 0.934. The molecule has 82 valence electrons. The van der Waals surface area contributed by atoms with Crippen LogP contribution in [0, 0.1) is 0 Å². The van der Waals surface area contributed by atoms with E-state index >= 15 is 0 Å². The van der Waals surface area contributed by atoms with Crippen molar-refractivity contribution in [2.45, 2.75) is 0 Å². The molecule has 0 aliphatic carbocycles. The summed E-state index contributed by atoms with van der Waals surface area (Å²) in [7, 11) is 0. The molecule has 0 bridgehead atoms. The van der Waals surface area contributed by atoms with Gasteiger partial charge >= 0.3 is 0 Å². The predicted molar refractivity (Wildman–Crippen MR) is 71.1 cm³/mol. The van der Waals surface area contributed by atoms with Crippen molar-refractivity contribution in [1.29, 1.82) is 0 Å². The number of hydrogen-bond donors (Lipinski definition) is 2. The quantitative estimate of drug-likeness (QED) is 0.886. The minimum Gasteiger partial charge on any atom is -0.384 e. The lowest BCUT2D eigenvalue weighted by Gasteiger charge is -2.08. The highest BCUT2D eigenvalue weighted by atomic mass is 79.9. The molecule has 0 aliphatic rings. The number of nitrogens with one attached hydrogen (secondary N) is 1. The lowest BCUT2D eigenvalue weighted by atomic mass is 10.3. The third kappa shape index (κ3) is 2.65. The van der Waals surface area contributed by atoms with Crippen LogP contribution in [0.15, 0.2) is 40.9 Å². The zero-order valence-electron chi connectivity index (χ0n) is 8.24. The molecule has 1 heterocycles. The van der Waals surface area contributed by atoms with E-state index in [0.717, 1.165) is 10.2 Å². The molecule has 0 aliphatic heterocycles. The van der Waals surface area contributed by atoms with Crippen molar-refractivity contribution < 1.29 is 0 Å². The zero-order chi connectivity index (χ0) is 11.5. The van der Waals surface area contributed by atoms with Crippen molar-refractivity contribution in [2.24, 2.45) is 0 Å². The second-order valence-corrected chi connectivity index (χ2v) is 4.52. The Labute approximate surface area is 107 Å². The fraction of sp³-hybridized carbons (Fsp3) is 0. The van der Waals surface area contributed by atoms with Crippen LogP contribution in [0.2, 0.25) is 5.02 Å². The maximum atomic E-state index is 6.07. The molecular weight excluding hydrogens is 289 g/mol. The Morgan fingerprint density at radius 1 is 1.25 bits per heavy atom. The van der Waals surface area contributed by atoms with Crippen LogP contribution in [-0.4, -0.2) is 4.98 Å². The topological polar surface area (TPSA) is 50.9 Å². The molecule has 2 rings (SSSR count). The Bertz CT molecular complexity index is 516. The maximum absolute atomic E-state index is 6.07. The minimum absolute atomic E-state index is 0.471. The average Bonchev–Trinajstić information content (AvgIpc) is 2.22. The van der Waals surface area contributed by atoms with Gasteiger partial charge in [-0.1, -0.05) is 33.6 Å². The molecule has 2 aromatic rings. The Hall–Kier alpha value is -1.26. The first-order valence-electron chi connectivity index (χ1n) is 4.60. The summed E-state index contributed by atoms with van der Waals surface area (Å²) in [6.07, 6.45) is 0. The molecule has 1 aromatic carbocycles. The van der Waals surface area contributed by atoms with Gasteiger partial charge in [0.05, 0.1) is 10.7 Å². The zero-order valence-corrected chi connectivity index (χ0v) is 10.6. The van der Waals surface area contributed by atoms with Gasteiger partial charge in [0.1, 0.15) is 11.6 Å². The van der Waals surface area contributed by atoms with Crippen molar-refractivity contribution in [2.75, 3.05) is 11.1 Å². The van der Waals surface area contributed by atoms with Gasteiger partial charge in [0.2, 0.25) is 0 Å². The molecule has 3 nitrogen and oxygen atoms in total. The highest BCUT2D eigenvalue weighted by molar-refractivity contribution is 9.10. The fourth-order valence-electron chi connectivity index (χ4n) is 1.25. The third-order valence-electron chi connectivity index (χ3n) is 1.96. The van der Waals surface area contributed by atoms with Gasteiger partial charge in [0.25, 0.3) is 0 Å². The highest BCUT2D eigenvalue weighted by Gasteiger charge is 2.02. The normalized spacial score (nSPS) is 10.1. The standard InChI is InChI=1S/C11H9BrClN3/c12-7-4-5-9(8(13)6-7)15-11-3-1-2-10(14)16-11/h1-6H,(H3,14,15,16). The van der Waals surface area contributed by atoms with E-state index in [0.29, 0.717) is 16.7 Å². The Morgan fingerprint density at radius 2 is 2.06 bits per heavy atom. The number of benzene rings is 1. The van der Waals surface area contributed by atoms with Gasteiger partial charge in [-0.15, -0.1) is 0 Å². The molecule has 0 amide bonds. The first-order chi connectivity index (χ1) is 7.65. The second kappa shape index (κ2) is 4.72. The van der Waals surface area contributed by atoms with Gasteiger partial charge in [0.15, 0.2) is 0 Å². The maximum Gasteiger partial charge on any atom is 0.132 e. The number of anilines is 3. The molecule has 0 spiro atoms. The molecule has 0 radical (unpaired) electrons. The lowest BCUT2D eigenvalue weighted by molar-refractivity contribution is 1.31. The number of halogens is 2. The van der Waals surface area contributed by atoms with E-state index in [1.807, 2.05) is 30.3 Å². The molecule has 0 saturated heterocycles. The number of aromatic nitrogens is 1. The smallest absolute Gasteiger partial charge is 0.132 e. The van der Waals surface area contributed by atoms with Crippen LogP contribution < -0.4 is 11.1 Å². The van der Waals surface area contributed by atoms with Gasteiger partial charge in [0, 0.05) is 4.47 Å².